The van der Waals surface area contributed by atoms with Crippen LogP contribution in [0.3, 0.4) is 0 Å². The number of aldehydes is 1. The highest BCUT2D eigenvalue weighted by atomic mass is 16.1. The van der Waals surface area contributed by atoms with Crippen molar-refractivity contribution in [3.63, 3.8) is 0 Å². The number of carbonyl (C=O) groups is 1. The molecule has 0 spiro atoms. The zero-order valence-electron chi connectivity index (χ0n) is 16.5. The third kappa shape index (κ3) is 3.00. The van der Waals surface area contributed by atoms with Crippen molar-refractivity contribution < 1.29 is 4.79 Å². The van der Waals surface area contributed by atoms with Crippen LogP contribution in [-0.4, -0.2) is 18.3 Å². The summed E-state index contributed by atoms with van der Waals surface area (Å²) in [4.78, 5) is 15.4. The van der Waals surface area contributed by atoms with Gasteiger partial charge in [-0.3, -0.25) is 4.79 Å². The summed E-state index contributed by atoms with van der Waals surface area (Å²) in [5.74, 6) is 0. The van der Waals surface area contributed by atoms with Gasteiger partial charge in [0.25, 0.3) is 0 Å². The van der Waals surface area contributed by atoms with E-state index in [2.05, 4.69) is 50.1 Å². The van der Waals surface area contributed by atoms with Crippen molar-refractivity contribution in [2.75, 3.05) is 12.4 Å². The number of carbonyl (C=O) groups excluding carboxylic acids is 1. The normalized spacial score (nSPS) is 11.4. The largest absolute Gasteiger partial charge is 0.388 e. The zero-order valence-corrected chi connectivity index (χ0v) is 16.5. The summed E-state index contributed by atoms with van der Waals surface area (Å²) in [5, 5.41) is 13.5. The van der Waals surface area contributed by atoms with E-state index in [-0.39, 0.29) is 5.41 Å². The lowest BCUT2D eigenvalue weighted by Gasteiger charge is -2.28. The van der Waals surface area contributed by atoms with Crippen LogP contribution in [0.4, 0.5) is 5.69 Å². The highest BCUT2D eigenvalue weighted by molar-refractivity contribution is 5.87. The highest BCUT2D eigenvalue weighted by Crippen LogP contribution is 2.39. The van der Waals surface area contributed by atoms with Crippen LogP contribution in [0.1, 0.15) is 59.1 Å². The van der Waals surface area contributed by atoms with Gasteiger partial charge in [-0.05, 0) is 48.2 Å². The van der Waals surface area contributed by atoms with Crippen LogP contribution in [0.25, 0.3) is 10.9 Å². The second-order valence-corrected chi connectivity index (χ2v) is 7.44. The molecule has 0 saturated carbocycles. The summed E-state index contributed by atoms with van der Waals surface area (Å²) in [6.07, 6.45) is 1.82. The molecule has 138 valence electrons. The average molecular weight is 359 g/mol. The zero-order chi connectivity index (χ0) is 19.8. The second-order valence-electron chi connectivity index (χ2n) is 7.44. The van der Waals surface area contributed by atoms with Crippen molar-refractivity contribution in [2.24, 2.45) is 0 Å². The first-order valence-electron chi connectivity index (χ1n) is 9.20. The Labute approximate surface area is 160 Å². The molecular formula is C23H25N3O. The fourth-order valence-corrected chi connectivity index (χ4v) is 3.99. The number of anilines is 1. The molecule has 27 heavy (non-hydrogen) atoms. The van der Waals surface area contributed by atoms with E-state index in [1.54, 1.807) is 0 Å². The summed E-state index contributed by atoms with van der Waals surface area (Å²) >= 11 is 0. The number of hydrogen-bond acceptors (Lipinski definition) is 3. The molecule has 4 heteroatoms. The van der Waals surface area contributed by atoms with Gasteiger partial charge in [0.15, 0.2) is 0 Å². The van der Waals surface area contributed by atoms with Crippen molar-refractivity contribution in [1.29, 1.82) is 5.26 Å². The van der Waals surface area contributed by atoms with Crippen LogP contribution < -0.4 is 5.32 Å². The van der Waals surface area contributed by atoms with Crippen molar-refractivity contribution in [3.05, 3.63) is 63.8 Å². The van der Waals surface area contributed by atoms with E-state index in [0.29, 0.717) is 11.1 Å². The van der Waals surface area contributed by atoms with E-state index in [4.69, 9.17) is 0 Å². The Morgan fingerprint density at radius 1 is 1.26 bits per heavy atom. The van der Waals surface area contributed by atoms with Crippen LogP contribution >= 0.6 is 0 Å². The molecule has 0 unspecified atom stereocenters. The molecule has 0 radical (unpaired) electrons. The standard InChI is InChI=1S/C23H25N3O/c1-6-16-10-19(17(13-27)11-20(16)25-5)23(3,4)22-14(2)18-8-7-15(12-24)9-21(18)26-22/h7-11,13,25-26H,6H2,1-5H3. The van der Waals surface area contributed by atoms with Gasteiger partial charge in [-0.2, -0.15) is 5.26 Å². The molecule has 3 aromatic rings. The Morgan fingerprint density at radius 3 is 2.59 bits per heavy atom. The minimum atomic E-state index is -0.387. The van der Waals surface area contributed by atoms with E-state index in [0.717, 1.165) is 46.1 Å². The Balaban J connectivity index is 2.25. The smallest absolute Gasteiger partial charge is 0.150 e. The summed E-state index contributed by atoms with van der Waals surface area (Å²) in [6.45, 7) is 8.48. The van der Waals surface area contributed by atoms with Crippen molar-refractivity contribution >= 4 is 22.9 Å². The maximum atomic E-state index is 11.8. The summed E-state index contributed by atoms with van der Waals surface area (Å²) in [5.41, 5.74) is 7.28. The number of nitrogens with one attached hydrogen (secondary N) is 2. The number of hydrogen-bond donors (Lipinski definition) is 2. The summed E-state index contributed by atoms with van der Waals surface area (Å²) in [6, 6.07) is 12.0. The van der Waals surface area contributed by atoms with Crippen LogP contribution in [0.15, 0.2) is 30.3 Å². The van der Waals surface area contributed by atoms with Gasteiger partial charge in [0, 0.05) is 40.3 Å². The van der Waals surface area contributed by atoms with Gasteiger partial charge in [0.1, 0.15) is 6.29 Å². The van der Waals surface area contributed by atoms with Gasteiger partial charge in [-0.1, -0.05) is 32.9 Å². The fraction of sp³-hybridized carbons (Fsp3) is 0.304. The molecule has 0 saturated heterocycles. The molecule has 0 aliphatic rings. The topological polar surface area (TPSA) is 68.7 Å². The number of fused-ring (bicyclic) bond motifs is 1. The molecule has 0 bridgehead atoms. The Hall–Kier alpha value is -3.06. The van der Waals surface area contributed by atoms with Crippen molar-refractivity contribution in [2.45, 2.75) is 39.5 Å². The quantitative estimate of drug-likeness (QED) is 0.623. The average Bonchev–Trinajstić information content (AvgIpc) is 3.03. The number of aromatic nitrogens is 1. The van der Waals surface area contributed by atoms with Gasteiger partial charge in [0.2, 0.25) is 0 Å². The van der Waals surface area contributed by atoms with Gasteiger partial charge in [-0.25, -0.2) is 0 Å². The molecule has 3 rings (SSSR count). The van der Waals surface area contributed by atoms with E-state index in [9.17, 15) is 10.1 Å². The number of nitriles is 1. The van der Waals surface area contributed by atoms with E-state index in [1.165, 1.54) is 5.56 Å². The van der Waals surface area contributed by atoms with E-state index in [1.807, 2.05) is 31.3 Å². The Morgan fingerprint density at radius 2 is 2.00 bits per heavy atom. The van der Waals surface area contributed by atoms with Crippen LogP contribution in [0.5, 0.6) is 0 Å². The van der Waals surface area contributed by atoms with Crippen LogP contribution in [0.2, 0.25) is 0 Å². The predicted octanol–water partition coefficient (Wildman–Crippen LogP) is 5.09. The first-order valence-corrected chi connectivity index (χ1v) is 9.20. The summed E-state index contributed by atoms with van der Waals surface area (Å²) < 4.78 is 0. The highest BCUT2D eigenvalue weighted by Gasteiger charge is 2.30. The lowest BCUT2D eigenvalue weighted by Crippen LogP contribution is -2.23. The van der Waals surface area contributed by atoms with Crippen molar-refractivity contribution in [1.82, 2.24) is 4.98 Å². The first kappa shape index (κ1) is 18.7. The molecule has 1 heterocycles. The molecule has 0 aliphatic carbocycles. The van der Waals surface area contributed by atoms with Gasteiger partial charge in [0.05, 0.1) is 11.6 Å². The number of benzene rings is 2. The number of nitrogens with zero attached hydrogens (tertiary/aromatic N) is 1. The van der Waals surface area contributed by atoms with Crippen LogP contribution in [-0.2, 0) is 11.8 Å². The van der Waals surface area contributed by atoms with Crippen LogP contribution in [0, 0.1) is 18.3 Å². The SMILES string of the molecule is CCc1cc(C(C)(C)c2[nH]c3cc(C#N)ccc3c2C)c(C=O)cc1NC. The Bertz CT molecular complexity index is 1070. The fourth-order valence-electron chi connectivity index (χ4n) is 3.99. The molecule has 2 aromatic carbocycles. The minimum absolute atomic E-state index is 0.387. The molecule has 0 atom stereocenters. The second kappa shape index (κ2) is 6.92. The van der Waals surface area contributed by atoms with E-state index >= 15 is 0 Å². The lowest BCUT2D eigenvalue weighted by molar-refractivity contribution is 0.112. The number of rotatable bonds is 5. The lowest BCUT2D eigenvalue weighted by atomic mass is 9.76. The van der Waals surface area contributed by atoms with E-state index < -0.39 is 0 Å². The van der Waals surface area contributed by atoms with Gasteiger partial charge >= 0.3 is 0 Å². The summed E-state index contributed by atoms with van der Waals surface area (Å²) in [7, 11) is 1.88. The maximum absolute atomic E-state index is 11.8. The maximum Gasteiger partial charge on any atom is 0.150 e. The molecule has 4 nitrogen and oxygen atoms in total. The molecular weight excluding hydrogens is 334 g/mol. The Kier molecular flexibility index (Phi) is 4.80. The minimum Gasteiger partial charge on any atom is -0.388 e. The predicted molar refractivity (Wildman–Crippen MR) is 111 cm³/mol. The number of aromatic amines is 1. The van der Waals surface area contributed by atoms with Gasteiger partial charge in [-0.15, -0.1) is 0 Å². The molecule has 1 aromatic heterocycles. The third-order valence-corrected chi connectivity index (χ3v) is 5.54. The third-order valence-electron chi connectivity index (χ3n) is 5.54. The monoisotopic (exact) mass is 359 g/mol. The molecule has 0 fully saturated rings. The molecule has 2 N–H and O–H groups in total. The van der Waals surface area contributed by atoms with Gasteiger partial charge < -0.3 is 10.3 Å². The molecule has 0 amide bonds. The van der Waals surface area contributed by atoms with Crippen molar-refractivity contribution in [3.8, 4) is 6.07 Å². The number of aryl methyl sites for hydroxylation is 2. The molecule has 0 aliphatic heterocycles. The first-order chi connectivity index (χ1) is 12.9. The number of H-pyrrole nitrogens is 1.